The van der Waals surface area contributed by atoms with Crippen LogP contribution in [0.3, 0.4) is 0 Å². The molecular formula is C34H33N9O2. The topological polar surface area (TPSA) is 123 Å². The zero-order chi connectivity index (χ0) is 30.3. The van der Waals surface area contributed by atoms with Crippen molar-refractivity contribution in [3.8, 4) is 22.6 Å². The number of hydrogen-bond donors (Lipinski definition) is 2. The molecule has 3 fully saturated rings. The lowest BCUT2D eigenvalue weighted by atomic mass is 10.1. The van der Waals surface area contributed by atoms with Gasteiger partial charge in [-0.05, 0) is 80.1 Å². The summed E-state index contributed by atoms with van der Waals surface area (Å²) in [5.41, 5.74) is 5.58. The first kappa shape index (κ1) is 27.4. The molecule has 0 radical (unpaired) electrons. The summed E-state index contributed by atoms with van der Waals surface area (Å²) in [6.45, 7) is 3.26. The number of piperazine rings is 1. The Balaban J connectivity index is 0.849. The maximum atomic E-state index is 13.4. The van der Waals surface area contributed by atoms with E-state index < -0.39 is 0 Å². The molecule has 5 aromatic rings. The van der Waals surface area contributed by atoms with Crippen LogP contribution in [0.2, 0.25) is 0 Å². The highest BCUT2D eigenvalue weighted by atomic mass is 16.2. The summed E-state index contributed by atoms with van der Waals surface area (Å²) in [6, 6.07) is 20.4. The molecule has 3 aliphatic rings. The Labute approximate surface area is 260 Å². The van der Waals surface area contributed by atoms with Gasteiger partial charge in [0.1, 0.15) is 5.69 Å². The molecule has 2 N–H and O–H groups in total. The van der Waals surface area contributed by atoms with Crippen LogP contribution < -0.4 is 10.2 Å². The van der Waals surface area contributed by atoms with Crippen molar-refractivity contribution in [1.82, 2.24) is 34.9 Å². The number of carbonyl (C=O) groups is 2. The van der Waals surface area contributed by atoms with Crippen molar-refractivity contribution in [2.75, 3.05) is 42.9 Å². The molecule has 3 saturated heterocycles. The third kappa shape index (κ3) is 5.29. The fraction of sp³-hybridized carbons (Fsp3) is 0.294. The summed E-state index contributed by atoms with van der Waals surface area (Å²) in [4.78, 5) is 46.0. The third-order valence-corrected chi connectivity index (χ3v) is 9.37. The predicted molar refractivity (Wildman–Crippen MR) is 171 cm³/mol. The van der Waals surface area contributed by atoms with Gasteiger partial charge in [-0.2, -0.15) is 5.10 Å². The Morgan fingerprint density at radius 2 is 1.71 bits per heavy atom. The van der Waals surface area contributed by atoms with Gasteiger partial charge < -0.3 is 15.1 Å². The van der Waals surface area contributed by atoms with Crippen molar-refractivity contribution in [2.45, 2.75) is 24.9 Å². The molecule has 11 nitrogen and oxygen atoms in total. The summed E-state index contributed by atoms with van der Waals surface area (Å²) >= 11 is 0. The SMILES string of the molecule is O=C(Nc1ccc2[nH]nc(-c3ccncc3)c2c1)[C@@H]1CCN(CC(=O)N2C[C@@H]3C[C@H]2CN3c2ccc(-c3ncccn3)cc2)C1. The molecule has 3 aromatic heterocycles. The first-order valence-corrected chi connectivity index (χ1v) is 15.4. The molecule has 226 valence electrons. The summed E-state index contributed by atoms with van der Waals surface area (Å²) in [5, 5.41) is 11.6. The number of rotatable bonds is 7. The number of aromatic nitrogens is 5. The second-order valence-corrected chi connectivity index (χ2v) is 12.1. The zero-order valence-corrected chi connectivity index (χ0v) is 24.7. The molecule has 11 heteroatoms. The quantitative estimate of drug-likeness (QED) is 0.289. The number of nitrogens with zero attached hydrogens (tertiary/aromatic N) is 7. The molecular weight excluding hydrogens is 566 g/mol. The Morgan fingerprint density at radius 1 is 0.889 bits per heavy atom. The normalized spacial score (nSPS) is 21.1. The summed E-state index contributed by atoms with van der Waals surface area (Å²) in [5.74, 6) is 0.705. The van der Waals surface area contributed by atoms with Gasteiger partial charge in [-0.25, -0.2) is 9.97 Å². The molecule has 3 atom stereocenters. The van der Waals surface area contributed by atoms with E-state index in [-0.39, 0.29) is 23.8 Å². The Hall–Kier alpha value is -5.16. The molecule has 2 aromatic carbocycles. The van der Waals surface area contributed by atoms with Crippen LogP contribution in [-0.2, 0) is 9.59 Å². The highest BCUT2D eigenvalue weighted by molar-refractivity contribution is 5.99. The zero-order valence-electron chi connectivity index (χ0n) is 24.7. The van der Waals surface area contributed by atoms with Gasteiger partial charge in [0, 0.05) is 78.4 Å². The van der Waals surface area contributed by atoms with Crippen molar-refractivity contribution >= 4 is 34.1 Å². The molecule has 3 aliphatic heterocycles. The van der Waals surface area contributed by atoms with Crippen molar-refractivity contribution in [2.24, 2.45) is 5.92 Å². The maximum Gasteiger partial charge on any atom is 0.237 e. The number of H-pyrrole nitrogens is 1. The van der Waals surface area contributed by atoms with Gasteiger partial charge in [0.25, 0.3) is 0 Å². The standard InChI is InChI=1S/C34H33N9O2/c44-31(43-20-27-17-28(43)19-42(27)26-5-2-23(3-6-26)33-36-11-1-12-37-33)21-41-15-10-24(18-41)34(45)38-25-4-7-30-29(16-25)32(40-39-30)22-8-13-35-14-9-22/h1-9,11-14,16,24,27-28H,10,15,17-21H2,(H,38,45)(H,39,40)/t24-,27+,28+/m1/s1. The number of hydrogen-bond acceptors (Lipinski definition) is 8. The molecule has 45 heavy (non-hydrogen) atoms. The van der Waals surface area contributed by atoms with Crippen LogP contribution in [0.1, 0.15) is 12.8 Å². The van der Waals surface area contributed by atoms with E-state index in [0.717, 1.165) is 71.7 Å². The van der Waals surface area contributed by atoms with Crippen molar-refractivity contribution in [1.29, 1.82) is 0 Å². The van der Waals surface area contributed by atoms with E-state index in [1.165, 1.54) is 5.69 Å². The Bertz CT molecular complexity index is 1840. The van der Waals surface area contributed by atoms with Crippen LogP contribution >= 0.6 is 0 Å². The molecule has 0 spiro atoms. The minimum absolute atomic E-state index is 0.0148. The Kier molecular flexibility index (Phi) is 6.94. The summed E-state index contributed by atoms with van der Waals surface area (Å²) in [6.07, 6.45) is 8.71. The van der Waals surface area contributed by atoms with E-state index in [4.69, 9.17) is 0 Å². The maximum absolute atomic E-state index is 13.4. The predicted octanol–water partition coefficient (Wildman–Crippen LogP) is 3.83. The molecule has 2 amide bonds. The number of nitrogens with one attached hydrogen (secondary N) is 2. The highest BCUT2D eigenvalue weighted by Crippen LogP contribution is 2.36. The number of amides is 2. The fourth-order valence-corrected chi connectivity index (χ4v) is 7.08. The highest BCUT2D eigenvalue weighted by Gasteiger charge is 2.45. The molecule has 8 rings (SSSR count). The first-order chi connectivity index (χ1) is 22.1. The molecule has 2 bridgehead atoms. The fourth-order valence-electron chi connectivity index (χ4n) is 7.08. The van der Waals surface area contributed by atoms with Gasteiger partial charge in [0.15, 0.2) is 5.82 Å². The van der Waals surface area contributed by atoms with Crippen LogP contribution in [0.5, 0.6) is 0 Å². The second-order valence-electron chi connectivity index (χ2n) is 12.1. The Morgan fingerprint density at radius 3 is 2.49 bits per heavy atom. The van der Waals surface area contributed by atoms with Crippen LogP contribution in [0.4, 0.5) is 11.4 Å². The second kappa shape index (κ2) is 11.4. The van der Waals surface area contributed by atoms with E-state index in [0.29, 0.717) is 19.1 Å². The monoisotopic (exact) mass is 599 g/mol. The largest absolute Gasteiger partial charge is 0.365 e. The average Bonchev–Trinajstić information content (AvgIpc) is 3.90. The number of likely N-dealkylation sites (tertiary alicyclic amines) is 2. The first-order valence-electron chi connectivity index (χ1n) is 15.4. The lowest BCUT2D eigenvalue weighted by Crippen LogP contribution is -2.51. The minimum atomic E-state index is -0.160. The smallest absolute Gasteiger partial charge is 0.237 e. The van der Waals surface area contributed by atoms with Crippen LogP contribution in [0.15, 0.2) is 85.5 Å². The molecule has 0 saturated carbocycles. The third-order valence-electron chi connectivity index (χ3n) is 9.37. The number of fused-ring (bicyclic) bond motifs is 3. The van der Waals surface area contributed by atoms with E-state index >= 15 is 0 Å². The minimum Gasteiger partial charge on any atom is -0.365 e. The van der Waals surface area contributed by atoms with E-state index in [9.17, 15) is 9.59 Å². The van der Waals surface area contributed by atoms with E-state index in [1.54, 1.807) is 24.8 Å². The average molecular weight is 600 g/mol. The number of pyridine rings is 1. The van der Waals surface area contributed by atoms with Crippen LogP contribution in [-0.4, -0.2) is 91.6 Å². The van der Waals surface area contributed by atoms with Crippen molar-refractivity contribution in [3.63, 3.8) is 0 Å². The lowest BCUT2D eigenvalue weighted by Gasteiger charge is -2.36. The number of aromatic amines is 1. The van der Waals surface area contributed by atoms with Crippen LogP contribution in [0.25, 0.3) is 33.5 Å². The van der Waals surface area contributed by atoms with Gasteiger partial charge in [0.05, 0.1) is 24.0 Å². The van der Waals surface area contributed by atoms with Gasteiger partial charge >= 0.3 is 0 Å². The van der Waals surface area contributed by atoms with Gasteiger partial charge in [-0.15, -0.1) is 0 Å². The molecule has 0 unspecified atom stereocenters. The number of anilines is 2. The van der Waals surface area contributed by atoms with Crippen molar-refractivity contribution in [3.05, 3.63) is 85.5 Å². The van der Waals surface area contributed by atoms with Crippen molar-refractivity contribution < 1.29 is 9.59 Å². The van der Waals surface area contributed by atoms with Gasteiger partial charge in [0.2, 0.25) is 11.8 Å². The molecule has 0 aliphatic carbocycles. The molecule has 6 heterocycles. The van der Waals surface area contributed by atoms with Gasteiger partial charge in [-0.1, -0.05) is 0 Å². The number of benzene rings is 2. The summed E-state index contributed by atoms with van der Waals surface area (Å²) in [7, 11) is 0. The van der Waals surface area contributed by atoms with E-state index in [2.05, 4.69) is 69.4 Å². The van der Waals surface area contributed by atoms with Crippen LogP contribution in [0, 0.1) is 5.92 Å². The van der Waals surface area contributed by atoms with Gasteiger partial charge in [-0.3, -0.25) is 24.6 Å². The van der Waals surface area contributed by atoms with E-state index in [1.807, 2.05) is 36.4 Å². The lowest BCUT2D eigenvalue weighted by molar-refractivity contribution is -0.133. The summed E-state index contributed by atoms with van der Waals surface area (Å²) < 4.78 is 0. The number of carbonyl (C=O) groups excluding carboxylic acids is 2.